The number of rotatable bonds is 5. The van der Waals surface area contributed by atoms with Gasteiger partial charge < -0.3 is 9.47 Å². The van der Waals surface area contributed by atoms with E-state index >= 15 is 0 Å². The van der Waals surface area contributed by atoms with Crippen LogP contribution in [0.4, 0.5) is 0 Å². The van der Waals surface area contributed by atoms with Crippen molar-refractivity contribution in [3.63, 3.8) is 0 Å². The Morgan fingerprint density at radius 2 is 2.14 bits per heavy atom. The van der Waals surface area contributed by atoms with Gasteiger partial charge in [-0.05, 0) is 31.6 Å². The highest BCUT2D eigenvalue weighted by Gasteiger charge is 2.46. The third kappa shape index (κ3) is 3.42. The molecule has 0 amide bonds. The quantitative estimate of drug-likeness (QED) is 0.754. The topological polar surface area (TPSA) is 59.1 Å². The molecule has 0 aromatic carbocycles. The van der Waals surface area contributed by atoms with Crippen molar-refractivity contribution in [2.24, 2.45) is 5.92 Å². The number of nitrogens with zero attached hydrogens (tertiary/aromatic N) is 2. The third-order valence-corrected chi connectivity index (χ3v) is 6.62. The standard InChI is InChI=1S/C14H26N2O4S/c1-15(2)21(17,18)16-7-3-6-14(11-16)8-13(10-20-14)19-9-12-4-5-12/h12-13H,3-11H2,1-2H3/t13-,14+/m0/s1. The average molecular weight is 318 g/mol. The molecule has 3 rings (SSSR count). The molecular formula is C14H26N2O4S. The predicted molar refractivity (Wildman–Crippen MR) is 79.2 cm³/mol. The van der Waals surface area contributed by atoms with Crippen LogP contribution in [0.15, 0.2) is 0 Å². The van der Waals surface area contributed by atoms with E-state index in [1.165, 1.54) is 17.1 Å². The molecule has 2 atom stereocenters. The molecule has 0 N–H and O–H groups in total. The van der Waals surface area contributed by atoms with Crippen molar-refractivity contribution in [3.05, 3.63) is 0 Å². The van der Waals surface area contributed by atoms with Crippen molar-refractivity contribution in [2.45, 2.75) is 43.8 Å². The van der Waals surface area contributed by atoms with E-state index < -0.39 is 10.2 Å². The van der Waals surface area contributed by atoms with Crippen LogP contribution in [0.5, 0.6) is 0 Å². The van der Waals surface area contributed by atoms with E-state index in [-0.39, 0.29) is 11.7 Å². The maximum absolute atomic E-state index is 12.3. The van der Waals surface area contributed by atoms with Crippen molar-refractivity contribution in [1.82, 2.24) is 8.61 Å². The lowest BCUT2D eigenvalue weighted by atomic mass is 9.90. The first-order valence-corrected chi connectivity index (χ1v) is 9.24. The summed E-state index contributed by atoms with van der Waals surface area (Å²) < 4.78 is 39.3. The number of hydrogen-bond donors (Lipinski definition) is 0. The minimum atomic E-state index is -3.35. The van der Waals surface area contributed by atoms with Gasteiger partial charge in [-0.25, -0.2) is 0 Å². The van der Waals surface area contributed by atoms with E-state index in [4.69, 9.17) is 9.47 Å². The molecule has 2 aliphatic heterocycles. The van der Waals surface area contributed by atoms with E-state index in [1.807, 2.05) is 0 Å². The Kier molecular flexibility index (Phi) is 4.31. The van der Waals surface area contributed by atoms with Crippen LogP contribution in [-0.4, -0.2) is 69.1 Å². The van der Waals surface area contributed by atoms with Crippen LogP contribution in [0.25, 0.3) is 0 Å². The summed E-state index contributed by atoms with van der Waals surface area (Å²) in [5, 5.41) is 0. The fraction of sp³-hybridized carbons (Fsp3) is 1.00. The molecular weight excluding hydrogens is 292 g/mol. The van der Waals surface area contributed by atoms with Crippen LogP contribution in [0.2, 0.25) is 0 Å². The maximum atomic E-state index is 12.3. The normalized spacial score (nSPS) is 34.9. The molecule has 6 nitrogen and oxygen atoms in total. The molecule has 0 unspecified atom stereocenters. The highest BCUT2D eigenvalue weighted by Crippen LogP contribution is 2.38. The van der Waals surface area contributed by atoms with Gasteiger partial charge in [-0.2, -0.15) is 17.0 Å². The summed E-state index contributed by atoms with van der Waals surface area (Å²) in [6, 6.07) is 0. The van der Waals surface area contributed by atoms with Crippen LogP contribution < -0.4 is 0 Å². The van der Waals surface area contributed by atoms with Crippen molar-refractivity contribution in [2.75, 3.05) is 40.4 Å². The SMILES string of the molecule is CN(C)S(=O)(=O)N1CCC[C@@]2(C[C@H](OCC3CC3)CO2)C1. The molecule has 1 spiro atoms. The molecule has 21 heavy (non-hydrogen) atoms. The monoisotopic (exact) mass is 318 g/mol. The van der Waals surface area contributed by atoms with Crippen LogP contribution in [0.3, 0.4) is 0 Å². The summed E-state index contributed by atoms with van der Waals surface area (Å²) in [5.41, 5.74) is -0.338. The maximum Gasteiger partial charge on any atom is 0.281 e. The molecule has 1 saturated carbocycles. The number of hydrogen-bond acceptors (Lipinski definition) is 4. The lowest BCUT2D eigenvalue weighted by Crippen LogP contribution is -2.52. The van der Waals surface area contributed by atoms with Crippen molar-refractivity contribution >= 4 is 10.2 Å². The van der Waals surface area contributed by atoms with E-state index in [0.29, 0.717) is 19.7 Å². The van der Waals surface area contributed by atoms with E-state index in [0.717, 1.165) is 31.8 Å². The predicted octanol–water partition coefficient (Wildman–Crippen LogP) is 0.843. The second-order valence-electron chi connectivity index (χ2n) is 6.82. The fourth-order valence-electron chi connectivity index (χ4n) is 3.24. The van der Waals surface area contributed by atoms with E-state index in [9.17, 15) is 8.42 Å². The van der Waals surface area contributed by atoms with E-state index in [2.05, 4.69) is 0 Å². The van der Waals surface area contributed by atoms with Crippen LogP contribution in [0.1, 0.15) is 32.1 Å². The van der Waals surface area contributed by atoms with Gasteiger partial charge >= 0.3 is 0 Å². The second kappa shape index (κ2) is 5.77. The zero-order valence-electron chi connectivity index (χ0n) is 13.0. The van der Waals surface area contributed by atoms with Crippen molar-refractivity contribution in [1.29, 1.82) is 0 Å². The molecule has 1 aliphatic carbocycles. The van der Waals surface area contributed by atoms with Crippen molar-refractivity contribution < 1.29 is 17.9 Å². The Bertz CT molecular complexity index is 477. The molecule has 122 valence electrons. The molecule has 0 aromatic heterocycles. The largest absolute Gasteiger partial charge is 0.375 e. The zero-order valence-corrected chi connectivity index (χ0v) is 13.8. The highest BCUT2D eigenvalue weighted by atomic mass is 32.2. The molecule has 3 aliphatic rings. The molecule has 7 heteroatoms. The van der Waals surface area contributed by atoms with Gasteiger partial charge in [-0.3, -0.25) is 0 Å². The Hall–Kier alpha value is -0.210. The summed E-state index contributed by atoms with van der Waals surface area (Å²) >= 11 is 0. The second-order valence-corrected chi connectivity index (χ2v) is 8.97. The van der Waals surface area contributed by atoms with Gasteiger partial charge in [0.15, 0.2) is 0 Å². The first kappa shape index (κ1) is 15.7. The van der Waals surface area contributed by atoms with Gasteiger partial charge in [0, 0.05) is 40.2 Å². The zero-order chi connectivity index (χ0) is 15.1. The highest BCUT2D eigenvalue weighted by molar-refractivity contribution is 7.86. The van der Waals surface area contributed by atoms with Gasteiger partial charge in [-0.15, -0.1) is 0 Å². The van der Waals surface area contributed by atoms with Gasteiger partial charge in [0.05, 0.1) is 18.3 Å². The molecule has 0 bridgehead atoms. The first-order valence-electron chi connectivity index (χ1n) is 7.84. The van der Waals surface area contributed by atoms with Crippen LogP contribution in [0, 0.1) is 5.92 Å². The third-order valence-electron chi connectivity index (χ3n) is 4.73. The van der Waals surface area contributed by atoms with Gasteiger partial charge in [-0.1, -0.05) is 0 Å². The van der Waals surface area contributed by atoms with Crippen LogP contribution >= 0.6 is 0 Å². The minimum absolute atomic E-state index is 0.132. The molecule has 2 heterocycles. The molecule has 2 saturated heterocycles. The molecule has 0 radical (unpaired) electrons. The summed E-state index contributed by atoms with van der Waals surface area (Å²) in [6.07, 6.45) is 5.30. The van der Waals surface area contributed by atoms with Crippen LogP contribution in [-0.2, 0) is 19.7 Å². The Morgan fingerprint density at radius 1 is 1.38 bits per heavy atom. The smallest absolute Gasteiger partial charge is 0.281 e. The summed E-state index contributed by atoms with van der Waals surface area (Å²) in [4.78, 5) is 0. The van der Waals surface area contributed by atoms with Gasteiger partial charge in [0.25, 0.3) is 10.2 Å². The van der Waals surface area contributed by atoms with Crippen molar-refractivity contribution in [3.8, 4) is 0 Å². The number of ether oxygens (including phenoxy) is 2. The van der Waals surface area contributed by atoms with E-state index in [1.54, 1.807) is 18.4 Å². The average Bonchev–Trinajstić information content (AvgIpc) is 3.20. The summed E-state index contributed by atoms with van der Waals surface area (Å²) in [6.45, 7) is 2.47. The molecule has 3 fully saturated rings. The summed E-state index contributed by atoms with van der Waals surface area (Å²) in [5.74, 6) is 0.749. The minimum Gasteiger partial charge on any atom is -0.375 e. The van der Waals surface area contributed by atoms with Gasteiger partial charge in [0.1, 0.15) is 0 Å². The fourth-order valence-corrected chi connectivity index (χ4v) is 4.46. The summed E-state index contributed by atoms with van der Waals surface area (Å²) in [7, 11) is -0.197. The molecule has 0 aromatic rings. The number of piperidine rings is 1. The Balaban J connectivity index is 1.60. The van der Waals surface area contributed by atoms with Gasteiger partial charge in [0.2, 0.25) is 0 Å². The lowest BCUT2D eigenvalue weighted by molar-refractivity contribution is -0.0364. The first-order chi connectivity index (χ1) is 9.91. The Labute approximate surface area is 127 Å². The lowest BCUT2D eigenvalue weighted by Gasteiger charge is -2.39. The Morgan fingerprint density at radius 3 is 2.81 bits per heavy atom.